The number of unbranched alkanes of at least 4 members (excludes halogenated alkanes) is 1. The van der Waals surface area contributed by atoms with Gasteiger partial charge in [0.2, 0.25) is 0 Å². The molecule has 0 aliphatic carbocycles. The molecule has 1 aromatic heterocycles. The highest BCUT2D eigenvalue weighted by Gasteiger charge is 2.08. The van der Waals surface area contributed by atoms with Gasteiger partial charge in [0, 0.05) is 13.1 Å². The summed E-state index contributed by atoms with van der Waals surface area (Å²) in [4.78, 5) is 11.9. The number of nitrogens with one attached hydrogen (secondary N) is 2. The third-order valence-corrected chi connectivity index (χ3v) is 3.88. The van der Waals surface area contributed by atoms with E-state index in [0.717, 1.165) is 24.8 Å². The first kappa shape index (κ1) is 19.5. The van der Waals surface area contributed by atoms with Crippen molar-refractivity contribution in [3.05, 3.63) is 41.6 Å². The minimum Gasteiger partial charge on any atom is -0.493 e. The van der Waals surface area contributed by atoms with E-state index >= 15 is 0 Å². The number of hydrogen-bond acceptors (Lipinski definition) is 6. The maximum atomic E-state index is 11.9. The summed E-state index contributed by atoms with van der Waals surface area (Å²) in [6, 6.07) is 9.28. The van der Waals surface area contributed by atoms with Crippen molar-refractivity contribution >= 4 is 11.7 Å². The summed E-state index contributed by atoms with van der Waals surface area (Å²) in [7, 11) is 3.24. The Morgan fingerprint density at radius 3 is 2.50 bits per heavy atom. The number of anilines is 1. The third-order valence-electron chi connectivity index (χ3n) is 3.88. The Morgan fingerprint density at radius 2 is 1.85 bits per heavy atom. The molecule has 1 aromatic carbocycles. The number of benzene rings is 1. The van der Waals surface area contributed by atoms with Crippen molar-refractivity contribution in [1.29, 1.82) is 0 Å². The Hall–Kier alpha value is -2.83. The Morgan fingerprint density at radius 1 is 1.04 bits per heavy atom. The lowest BCUT2D eigenvalue weighted by Crippen LogP contribution is -2.25. The van der Waals surface area contributed by atoms with E-state index in [1.54, 1.807) is 26.4 Å². The number of carbonyl (C=O) groups excluding carboxylic acids is 1. The summed E-state index contributed by atoms with van der Waals surface area (Å²) in [6.45, 7) is 3.42. The summed E-state index contributed by atoms with van der Waals surface area (Å²) in [5.41, 5.74) is 1.45. The second kappa shape index (κ2) is 10.2. The van der Waals surface area contributed by atoms with Crippen LogP contribution in [0.2, 0.25) is 0 Å². The molecular formula is C19H26N4O3. The van der Waals surface area contributed by atoms with Crippen LogP contribution in [0.5, 0.6) is 11.5 Å². The molecule has 0 aliphatic heterocycles. The van der Waals surface area contributed by atoms with Crippen LogP contribution in [-0.2, 0) is 6.42 Å². The van der Waals surface area contributed by atoms with Crippen LogP contribution in [0.1, 0.15) is 35.8 Å². The number of carbonyl (C=O) groups is 1. The number of amides is 1. The normalized spacial score (nSPS) is 10.3. The average Bonchev–Trinajstić information content (AvgIpc) is 2.68. The lowest BCUT2D eigenvalue weighted by molar-refractivity contribution is 0.0947. The Kier molecular flexibility index (Phi) is 7.67. The maximum absolute atomic E-state index is 11.9. The van der Waals surface area contributed by atoms with Gasteiger partial charge in [-0.1, -0.05) is 19.4 Å². The van der Waals surface area contributed by atoms with Gasteiger partial charge in [-0.2, -0.15) is 0 Å². The number of methoxy groups -OCH3 is 2. The van der Waals surface area contributed by atoms with Crippen molar-refractivity contribution in [2.75, 3.05) is 32.6 Å². The SMILES string of the molecule is CCCCNC(=O)c1ccc(NCCc2ccc(OC)c(OC)c2)nn1. The Labute approximate surface area is 154 Å². The highest BCUT2D eigenvalue weighted by atomic mass is 16.5. The fraction of sp³-hybridized carbons (Fsp3) is 0.421. The van der Waals surface area contributed by atoms with E-state index in [0.29, 0.717) is 36.1 Å². The van der Waals surface area contributed by atoms with E-state index in [1.807, 2.05) is 18.2 Å². The molecule has 26 heavy (non-hydrogen) atoms. The monoisotopic (exact) mass is 358 g/mol. The molecule has 1 heterocycles. The first-order valence-corrected chi connectivity index (χ1v) is 8.74. The van der Waals surface area contributed by atoms with Crippen LogP contribution >= 0.6 is 0 Å². The lowest BCUT2D eigenvalue weighted by Gasteiger charge is -2.10. The van der Waals surface area contributed by atoms with E-state index < -0.39 is 0 Å². The molecule has 0 bridgehead atoms. The molecule has 2 N–H and O–H groups in total. The van der Waals surface area contributed by atoms with Gasteiger partial charge < -0.3 is 20.1 Å². The average molecular weight is 358 g/mol. The first-order valence-electron chi connectivity index (χ1n) is 8.74. The highest BCUT2D eigenvalue weighted by molar-refractivity contribution is 5.92. The standard InChI is InChI=1S/C19H26N4O3/c1-4-5-11-21-19(24)15-7-9-18(23-22-15)20-12-10-14-6-8-16(25-2)17(13-14)26-3/h6-9,13H,4-5,10-12H2,1-3H3,(H,20,23)(H,21,24). The van der Waals surface area contributed by atoms with Gasteiger partial charge in [0.05, 0.1) is 14.2 Å². The van der Waals surface area contributed by atoms with Crippen LogP contribution in [0.3, 0.4) is 0 Å². The predicted molar refractivity (Wildman–Crippen MR) is 101 cm³/mol. The molecule has 140 valence electrons. The zero-order valence-corrected chi connectivity index (χ0v) is 15.5. The van der Waals surface area contributed by atoms with E-state index in [1.165, 1.54) is 0 Å². The van der Waals surface area contributed by atoms with Crippen LogP contribution < -0.4 is 20.1 Å². The van der Waals surface area contributed by atoms with Gasteiger partial charge in [-0.05, 0) is 42.7 Å². The Balaban J connectivity index is 1.83. The van der Waals surface area contributed by atoms with Gasteiger partial charge in [-0.25, -0.2) is 0 Å². The molecule has 0 unspecified atom stereocenters. The maximum Gasteiger partial charge on any atom is 0.271 e. The minimum atomic E-state index is -0.192. The molecule has 2 aromatic rings. The minimum absolute atomic E-state index is 0.192. The number of nitrogens with zero attached hydrogens (tertiary/aromatic N) is 2. The molecule has 0 radical (unpaired) electrons. The summed E-state index contributed by atoms with van der Waals surface area (Å²) in [5, 5.41) is 14.0. The second-order valence-electron chi connectivity index (χ2n) is 5.78. The molecule has 0 aliphatic rings. The van der Waals surface area contributed by atoms with Gasteiger partial charge in [0.15, 0.2) is 17.2 Å². The molecule has 0 saturated heterocycles. The first-order chi connectivity index (χ1) is 12.7. The van der Waals surface area contributed by atoms with Gasteiger partial charge in [-0.15, -0.1) is 10.2 Å². The van der Waals surface area contributed by atoms with Crippen LogP contribution in [0.25, 0.3) is 0 Å². The van der Waals surface area contributed by atoms with Crippen molar-refractivity contribution in [2.45, 2.75) is 26.2 Å². The molecule has 0 spiro atoms. The van der Waals surface area contributed by atoms with E-state index in [4.69, 9.17) is 9.47 Å². The lowest BCUT2D eigenvalue weighted by atomic mass is 10.1. The van der Waals surface area contributed by atoms with E-state index in [9.17, 15) is 4.79 Å². The highest BCUT2D eigenvalue weighted by Crippen LogP contribution is 2.27. The molecule has 0 fully saturated rings. The fourth-order valence-corrected chi connectivity index (χ4v) is 2.39. The van der Waals surface area contributed by atoms with Crippen LogP contribution in [0.4, 0.5) is 5.82 Å². The van der Waals surface area contributed by atoms with Crippen molar-refractivity contribution < 1.29 is 14.3 Å². The molecule has 1 amide bonds. The van der Waals surface area contributed by atoms with Crippen molar-refractivity contribution in [3.63, 3.8) is 0 Å². The number of ether oxygens (including phenoxy) is 2. The van der Waals surface area contributed by atoms with Crippen molar-refractivity contribution in [1.82, 2.24) is 15.5 Å². The Bertz CT molecular complexity index is 704. The molecule has 7 heteroatoms. The summed E-state index contributed by atoms with van der Waals surface area (Å²) < 4.78 is 10.5. The van der Waals surface area contributed by atoms with Gasteiger partial charge in [0.1, 0.15) is 5.82 Å². The zero-order valence-electron chi connectivity index (χ0n) is 15.5. The van der Waals surface area contributed by atoms with Crippen molar-refractivity contribution in [3.8, 4) is 11.5 Å². The van der Waals surface area contributed by atoms with Gasteiger partial charge in [0.25, 0.3) is 5.91 Å². The van der Waals surface area contributed by atoms with Crippen LogP contribution in [0.15, 0.2) is 30.3 Å². The van der Waals surface area contributed by atoms with Crippen LogP contribution in [-0.4, -0.2) is 43.4 Å². The molecule has 7 nitrogen and oxygen atoms in total. The molecule has 2 rings (SSSR count). The van der Waals surface area contributed by atoms with Crippen molar-refractivity contribution in [2.24, 2.45) is 0 Å². The molecule has 0 saturated carbocycles. The summed E-state index contributed by atoms with van der Waals surface area (Å²) >= 11 is 0. The number of rotatable bonds is 10. The summed E-state index contributed by atoms with van der Waals surface area (Å²) in [5.74, 6) is 1.87. The topological polar surface area (TPSA) is 85.4 Å². The third kappa shape index (κ3) is 5.61. The van der Waals surface area contributed by atoms with E-state index in [2.05, 4.69) is 27.8 Å². The largest absolute Gasteiger partial charge is 0.493 e. The zero-order chi connectivity index (χ0) is 18.8. The van der Waals surface area contributed by atoms with Gasteiger partial charge >= 0.3 is 0 Å². The van der Waals surface area contributed by atoms with Crippen LogP contribution in [0, 0.1) is 0 Å². The van der Waals surface area contributed by atoms with Gasteiger partial charge in [-0.3, -0.25) is 4.79 Å². The number of hydrogen-bond donors (Lipinski definition) is 2. The number of aromatic nitrogens is 2. The second-order valence-corrected chi connectivity index (χ2v) is 5.78. The smallest absolute Gasteiger partial charge is 0.271 e. The fourth-order valence-electron chi connectivity index (χ4n) is 2.39. The molecule has 0 atom stereocenters. The van der Waals surface area contributed by atoms with E-state index in [-0.39, 0.29) is 5.91 Å². The predicted octanol–water partition coefficient (Wildman–Crippen LogP) is 2.68. The quantitative estimate of drug-likeness (QED) is 0.635. The summed E-state index contributed by atoms with van der Waals surface area (Å²) in [6.07, 6.45) is 2.78. The molecular weight excluding hydrogens is 332 g/mol.